The molecule has 3 rings (SSSR count). The highest BCUT2D eigenvalue weighted by molar-refractivity contribution is 5.59. The maximum Gasteiger partial charge on any atom is 0.109 e. The summed E-state index contributed by atoms with van der Waals surface area (Å²) in [7, 11) is 0. The Hall–Kier alpha value is -1.65. The Labute approximate surface area is 113 Å². The number of H-pyrrole nitrogens is 1. The second-order valence-electron chi connectivity index (χ2n) is 5.01. The molecule has 0 bridgehead atoms. The van der Waals surface area contributed by atoms with Crippen molar-refractivity contribution in [1.29, 1.82) is 0 Å². The highest BCUT2D eigenvalue weighted by Gasteiger charge is 2.15. The number of morpholine rings is 1. The molecule has 100 valence electrons. The maximum atomic E-state index is 5.69. The molecule has 2 heterocycles. The minimum absolute atomic E-state index is 0.227. The molecule has 0 radical (unpaired) electrons. The first kappa shape index (κ1) is 12.4. The Kier molecular flexibility index (Phi) is 3.62. The van der Waals surface area contributed by atoms with E-state index in [0.717, 1.165) is 37.6 Å². The lowest BCUT2D eigenvalue weighted by atomic mass is 10.1. The molecule has 0 amide bonds. The number of rotatable bonds is 3. The third kappa shape index (κ3) is 3.03. The van der Waals surface area contributed by atoms with Gasteiger partial charge in [-0.25, -0.2) is 4.98 Å². The molecule has 1 unspecified atom stereocenters. The van der Waals surface area contributed by atoms with E-state index in [-0.39, 0.29) is 6.10 Å². The van der Waals surface area contributed by atoms with E-state index < -0.39 is 0 Å². The van der Waals surface area contributed by atoms with E-state index in [0.29, 0.717) is 0 Å². The first-order valence-electron chi connectivity index (χ1n) is 6.74. The van der Waals surface area contributed by atoms with E-state index in [1.807, 2.05) is 6.20 Å². The standard InChI is InChI=1S/C15H19N3O/c1-11-3-2-4-12(7-11)14-10-17-15(18-14)8-13-9-16-5-6-19-13/h2-4,7,10,13,16H,5-6,8-9H2,1H3,(H,17,18). The van der Waals surface area contributed by atoms with Gasteiger partial charge in [0.2, 0.25) is 0 Å². The lowest BCUT2D eigenvalue weighted by Crippen LogP contribution is -2.39. The first-order chi connectivity index (χ1) is 9.31. The molecule has 0 spiro atoms. The van der Waals surface area contributed by atoms with Crippen molar-refractivity contribution >= 4 is 0 Å². The zero-order valence-electron chi connectivity index (χ0n) is 11.1. The third-order valence-electron chi connectivity index (χ3n) is 3.38. The molecule has 1 aromatic heterocycles. The van der Waals surface area contributed by atoms with Gasteiger partial charge in [0.1, 0.15) is 5.82 Å². The number of ether oxygens (including phenoxy) is 1. The smallest absolute Gasteiger partial charge is 0.109 e. The molecule has 2 N–H and O–H groups in total. The number of imidazole rings is 1. The van der Waals surface area contributed by atoms with Crippen molar-refractivity contribution < 1.29 is 4.74 Å². The Balaban J connectivity index is 1.72. The monoisotopic (exact) mass is 257 g/mol. The molecule has 1 aliphatic heterocycles. The summed E-state index contributed by atoms with van der Waals surface area (Å²) in [5.74, 6) is 0.991. The van der Waals surface area contributed by atoms with Gasteiger partial charge in [0.25, 0.3) is 0 Å². The van der Waals surface area contributed by atoms with Crippen LogP contribution in [0.4, 0.5) is 0 Å². The number of hydrogen-bond acceptors (Lipinski definition) is 3. The van der Waals surface area contributed by atoms with Crippen LogP contribution in [0.5, 0.6) is 0 Å². The van der Waals surface area contributed by atoms with Crippen molar-refractivity contribution in [2.75, 3.05) is 19.7 Å². The number of aromatic amines is 1. The molecule has 0 saturated carbocycles. The molecule has 1 atom stereocenters. The van der Waals surface area contributed by atoms with Crippen molar-refractivity contribution in [3.05, 3.63) is 41.9 Å². The molecule has 0 aliphatic carbocycles. The van der Waals surface area contributed by atoms with Gasteiger partial charge in [-0.2, -0.15) is 0 Å². The molecular weight excluding hydrogens is 238 g/mol. The summed E-state index contributed by atoms with van der Waals surface area (Å²) in [6.45, 7) is 4.74. The van der Waals surface area contributed by atoms with Crippen molar-refractivity contribution in [1.82, 2.24) is 15.3 Å². The van der Waals surface area contributed by atoms with Gasteiger partial charge in [-0.05, 0) is 18.6 Å². The summed E-state index contributed by atoms with van der Waals surface area (Å²) in [4.78, 5) is 7.84. The summed E-state index contributed by atoms with van der Waals surface area (Å²) in [6, 6.07) is 8.43. The van der Waals surface area contributed by atoms with Crippen LogP contribution in [-0.4, -0.2) is 35.8 Å². The summed E-state index contributed by atoms with van der Waals surface area (Å²) in [6.07, 6.45) is 2.96. The minimum Gasteiger partial charge on any atom is -0.375 e. The van der Waals surface area contributed by atoms with Crippen molar-refractivity contribution in [3.63, 3.8) is 0 Å². The summed E-state index contributed by atoms with van der Waals surface area (Å²) >= 11 is 0. The summed E-state index contributed by atoms with van der Waals surface area (Å²) in [5.41, 5.74) is 3.51. The van der Waals surface area contributed by atoms with Gasteiger partial charge >= 0.3 is 0 Å². The number of nitrogens with one attached hydrogen (secondary N) is 2. The SMILES string of the molecule is Cc1cccc(-c2cnc(CC3CNCCO3)[nH]2)c1. The minimum atomic E-state index is 0.227. The summed E-state index contributed by atoms with van der Waals surface area (Å²) in [5, 5.41) is 3.33. The van der Waals surface area contributed by atoms with Crippen LogP contribution in [0.1, 0.15) is 11.4 Å². The van der Waals surface area contributed by atoms with Crippen LogP contribution in [-0.2, 0) is 11.2 Å². The van der Waals surface area contributed by atoms with E-state index in [1.165, 1.54) is 11.1 Å². The van der Waals surface area contributed by atoms with Crippen LogP contribution in [0.3, 0.4) is 0 Å². The molecule has 1 fully saturated rings. The number of aromatic nitrogens is 2. The van der Waals surface area contributed by atoms with Crippen molar-refractivity contribution in [2.24, 2.45) is 0 Å². The van der Waals surface area contributed by atoms with Gasteiger partial charge in [-0.15, -0.1) is 0 Å². The molecule has 1 aromatic carbocycles. The van der Waals surface area contributed by atoms with E-state index in [9.17, 15) is 0 Å². The molecule has 4 nitrogen and oxygen atoms in total. The first-order valence-corrected chi connectivity index (χ1v) is 6.74. The second kappa shape index (κ2) is 5.55. The van der Waals surface area contributed by atoms with Gasteiger partial charge in [0.05, 0.1) is 24.6 Å². The predicted molar refractivity (Wildman–Crippen MR) is 75.1 cm³/mol. The van der Waals surface area contributed by atoms with E-state index >= 15 is 0 Å². The number of nitrogens with zero attached hydrogens (tertiary/aromatic N) is 1. The van der Waals surface area contributed by atoms with E-state index in [2.05, 4.69) is 46.5 Å². The fraction of sp³-hybridized carbons (Fsp3) is 0.400. The van der Waals surface area contributed by atoms with E-state index in [1.54, 1.807) is 0 Å². The lowest BCUT2D eigenvalue weighted by molar-refractivity contribution is 0.0281. The molecule has 4 heteroatoms. The topological polar surface area (TPSA) is 49.9 Å². The van der Waals surface area contributed by atoms with Crippen LogP contribution < -0.4 is 5.32 Å². The van der Waals surface area contributed by atoms with Gasteiger partial charge in [-0.3, -0.25) is 0 Å². The molecular formula is C15H19N3O. The van der Waals surface area contributed by atoms with Gasteiger partial charge in [0, 0.05) is 19.5 Å². The van der Waals surface area contributed by atoms with Gasteiger partial charge < -0.3 is 15.0 Å². The summed E-state index contributed by atoms with van der Waals surface area (Å²) < 4.78 is 5.69. The van der Waals surface area contributed by atoms with Crippen LogP contribution >= 0.6 is 0 Å². The number of aryl methyl sites for hydroxylation is 1. The normalized spacial score (nSPS) is 19.5. The Morgan fingerprint density at radius 2 is 2.37 bits per heavy atom. The zero-order valence-corrected chi connectivity index (χ0v) is 11.1. The second-order valence-corrected chi connectivity index (χ2v) is 5.01. The fourth-order valence-corrected chi connectivity index (χ4v) is 2.39. The maximum absolute atomic E-state index is 5.69. The van der Waals surface area contributed by atoms with Crippen molar-refractivity contribution in [2.45, 2.75) is 19.4 Å². The predicted octanol–water partition coefficient (Wildman–Crippen LogP) is 1.92. The fourth-order valence-electron chi connectivity index (χ4n) is 2.39. The quantitative estimate of drug-likeness (QED) is 0.883. The highest BCUT2D eigenvalue weighted by atomic mass is 16.5. The van der Waals surface area contributed by atoms with Crippen molar-refractivity contribution in [3.8, 4) is 11.3 Å². The molecule has 19 heavy (non-hydrogen) atoms. The van der Waals surface area contributed by atoms with Crippen LogP contribution in [0, 0.1) is 6.92 Å². The van der Waals surface area contributed by atoms with Gasteiger partial charge in [-0.1, -0.05) is 23.8 Å². The van der Waals surface area contributed by atoms with Crippen LogP contribution in [0.2, 0.25) is 0 Å². The zero-order chi connectivity index (χ0) is 13.1. The van der Waals surface area contributed by atoms with Gasteiger partial charge in [0.15, 0.2) is 0 Å². The molecule has 2 aromatic rings. The third-order valence-corrected chi connectivity index (χ3v) is 3.38. The van der Waals surface area contributed by atoms with Crippen LogP contribution in [0.15, 0.2) is 30.5 Å². The van der Waals surface area contributed by atoms with Crippen LogP contribution in [0.25, 0.3) is 11.3 Å². The Bertz CT molecular complexity index is 544. The largest absolute Gasteiger partial charge is 0.375 e. The Morgan fingerprint density at radius 3 is 3.16 bits per heavy atom. The van der Waals surface area contributed by atoms with E-state index in [4.69, 9.17) is 4.74 Å². The highest BCUT2D eigenvalue weighted by Crippen LogP contribution is 2.18. The number of hydrogen-bond donors (Lipinski definition) is 2. The Morgan fingerprint density at radius 1 is 1.42 bits per heavy atom. The molecule has 1 saturated heterocycles. The lowest BCUT2D eigenvalue weighted by Gasteiger charge is -2.22. The average molecular weight is 257 g/mol. The molecule has 1 aliphatic rings. The average Bonchev–Trinajstić information content (AvgIpc) is 2.88. The number of benzene rings is 1.